The molecule has 3 saturated carbocycles. The first kappa shape index (κ1) is 21.5. The highest BCUT2D eigenvalue weighted by molar-refractivity contribution is 9.09. The van der Waals surface area contributed by atoms with E-state index in [1.54, 1.807) is 0 Å². The van der Waals surface area contributed by atoms with Crippen molar-refractivity contribution in [1.29, 1.82) is 0 Å². The van der Waals surface area contributed by atoms with Gasteiger partial charge in [-0.15, -0.1) is 0 Å². The van der Waals surface area contributed by atoms with Crippen LogP contribution in [0.5, 0.6) is 0 Å². The van der Waals surface area contributed by atoms with Crippen LogP contribution < -0.4 is 0 Å². The smallest absolute Gasteiger partial charge is 0.00570 e. The molecular weight excluding hydrogens is 404 g/mol. The maximum Gasteiger partial charge on any atom is 0.00570 e. The van der Waals surface area contributed by atoms with Gasteiger partial charge in [-0.25, -0.2) is 0 Å². The predicted octanol–water partition coefficient (Wildman–Crippen LogP) is 8.79. The molecule has 4 aliphatic carbocycles. The summed E-state index contributed by atoms with van der Waals surface area (Å²) in [6, 6.07) is 0. The number of rotatable bonds is 6. The Morgan fingerprint density at radius 3 is 2.64 bits per heavy atom. The van der Waals surface area contributed by atoms with E-state index in [2.05, 4.69) is 49.7 Å². The summed E-state index contributed by atoms with van der Waals surface area (Å²) >= 11 is 3.66. The first-order chi connectivity index (χ1) is 13.4. The Hall–Kier alpha value is 0.220. The van der Waals surface area contributed by atoms with E-state index in [-0.39, 0.29) is 0 Å². The quantitative estimate of drug-likeness (QED) is 0.281. The van der Waals surface area contributed by atoms with Gasteiger partial charge in [0.1, 0.15) is 0 Å². The molecule has 1 heteroatoms. The number of halogens is 1. The average Bonchev–Trinajstić information content (AvgIpc) is 3.04. The van der Waals surface area contributed by atoms with E-state index in [0.717, 1.165) is 35.5 Å². The van der Waals surface area contributed by atoms with Crippen LogP contribution in [-0.4, -0.2) is 5.33 Å². The maximum absolute atomic E-state index is 3.66. The number of alkyl halides is 1. The zero-order valence-electron chi connectivity index (χ0n) is 19.1. The molecule has 0 amide bonds. The molecule has 3 fully saturated rings. The molecule has 1 unspecified atom stereocenters. The molecular formula is C27H45Br. The molecule has 0 spiro atoms. The zero-order chi connectivity index (χ0) is 19.9. The Bertz CT molecular complexity index is 579. The van der Waals surface area contributed by atoms with Crippen LogP contribution in [0.25, 0.3) is 0 Å². The first-order valence-electron chi connectivity index (χ1n) is 12.7. The topological polar surface area (TPSA) is 0 Å². The van der Waals surface area contributed by atoms with Crippen molar-refractivity contribution in [3.63, 3.8) is 0 Å². The lowest BCUT2D eigenvalue weighted by Gasteiger charge is -2.58. The van der Waals surface area contributed by atoms with Crippen LogP contribution in [0.1, 0.15) is 105 Å². The summed E-state index contributed by atoms with van der Waals surface area (Å²) in [5.41, 5.74) is 3.07. The summed E-state index contributed by atoms with van der Waals surface area (Å²) in [7, 11) is 0. The molecule has 160 valence electrons. The van der Waals surface area contributed by atoms with Gasteiger partial charge >= 0.3 is 0 Å². The Morgan fingerprint density at radius 2 is 1.86 bits per heavy atom. The lowest BCUT2D eigenvalue weighted by atomic mass is 9.47. The van der Waals surface area contributed by atoms with Crippen LogP contribution in [0, 0.1) is 46.3 Å². The minimum Gasteiger partial charge on any atom is -0.0925 e. The van der Waals surface area contributed by atoms with Gasteiger partial charge in [0.15, 0.2) is 0 Å². The highest BCUT2D eigenvalue weighted by Gasteiger charge is 2.58. The van der Waals surface area contributed by atoms with Crippen molar-refractivity contribution in [2.24, 2.45) is 46.3 Å². The van der Waals surface area contributed by atoms with E-state index >= 15 is 0 Å². The Kier molecular flexibility index (Phi) is 6.43. The second-order valence-corrected chi connectivity index (χ2v) is 12.5. The third kappa shape index (κ3) is 3.58. The van der Waals surface area contributed by atoms with E-state index in [1.165, 1.54) is 82.4 Å². The van der Waals surface area contributed by atoms with Gasteiger partial charge in [-0.2, -0.15) is 0 Å². The summed E-state index contributed by atoms with van der Waals surface area (Å²) in [5, 5.41) is 1.17. The van der Waals surface area contributed by atoms with Gasteiger partial charge in [-0.3, -0.25) is 0 Å². The van der Waals surface area contributed by atoms with Crippen molar-refractivity contribution in [2.75, 3.05) is 5.33 Å². The monoisotopic (exact) mass is 448 g/mol. The zero-order valence-corrected chi connectivity index (χ0v) is 20.7. The second-order valence-electron chi connectivity index (χ2n) is 11.9. The summed E-state index contributed by atoms with van der Waals surface area (Å²) in [4.78, 5) is 0. The molecule has 0 aromatic carbocycles. The maximum atomic E-state index is 3.66. The second kappa shape index (κ2) is 8.39. The summed E-state index contributed by atoms with van der Waals surface area (Å²) < 4.78 is 0. The van der Waals surface area contributed by atoms with Crippen LogP contribution in [0.2, 0.25) is 0 Å². The van der Waals surface area contributed by atoms with Gasteiger partial charge in [0, 0.05) is 5.33 Å². The third-order valence-corrected chi connectivity index (χ3v) is 11.5. The van der Waals surface area contributed by atoms with Gasteiger partial charge < -0.3 is 0 Å². The van der Waals surface area contributed by atoms with E-state index in [1.807, 2.05) is 5.57 Å². The molecule has 0 aromatic heterocycles. The minimum atomic E-state index is 0.567. The lowest BCUT2D eigenvalue weighted by molar-refractivity contribution is -0.0500. The van der Waals surface area contributed by atoms with Crippen LogP contribution >= 0.6 is 15.9 Å². The van der Waals surface area contributed by atoms with E-state index < -0.39 is 0 Å². The van der Waals surface area contributed by atoms with Crippen LogP contribution in [0.4, 0.5) is 0 Å². The Morgan fingerprint density at radius 1 is 1.04 bits per heavy atom. The van der Waals surface area contributed by atoms with Crippen LogP contribution in [0.3, 0.4) is 0 Å². The van der Waals surface area contributed by atoms with E-state index in [4.69, 9.17) is 0 Å². The summed E-state index contributed by atoms with van der Waals surface area (Å²) in [6.45, 7) is 10.4. The van der Waals surface area contributed by atoms with Crippen LogP contribution in [-0.2, 0) is 0 Å². The summed E-state index contributed by atoms with van der Waals surface area (Å²) in [6.07, 6.45) is 20.4. The van der Waals surface area contributed by atoms with Crippen molar-refractivity contribution >= 4 is 15.9 Å². The van der Waals surface area contributed by atoms with E-state index in [0.29, 0.717) is 10.8 Å². The SMILES string of the molecule is CC(CBr)CCC[C@@H](C)[C@H]1CC[C@H]2[C@@H]3CC=C4CCCC[C@]4(C)[C@H]3CC[C@]12C. The fourth-order valence-corrected chi connectivity index (χ4v) is 9.06. The molecule has 0 aliphatic heterocycles. The normalized spacial score (nSPS) is 44.8. The number of allylic oxidation sites excluding steroid dienone is 2. The highest BCUT2D eigenvalue weighted by Crippen LogP contribution is 2.67. The fraction of sp³-hybridized carbons (Fsp3) is 0.926. The van der Waals surface area contributed by atoms with Crippen molar-refractivity contribution < 1.29 is 0 Å². The fourth-order valence-electron chi connectivity index (χ4n) is 8.74. The van der Waals surface area contributed by atoms with E-state index in [9.17, 15) is 0 Å². The molecule has 0 aromatic rings. The molecule has 0 N–H and O–H groups in total. The Labute approximate surface area is 183 Å². The van der Waals surface area contributed by atoms with Gasteiger partial charge in [0.2, 0.25) is 0 Å². The number of hydrogen-bond acceptors (Lipinski definition) is 0. The molecule has 8 atom stereocenters. The van der Waals surface area contributed by atoms with Gasteiger partial charge in [-0.05, 0) is 104 Å². The molecule has 0 saturated heterocycles. The standard InChI is InChI=1S/C27H45Br/c1-19(18-28)8-7-9-20(2)23-13-14-24-22-12-11-21-10-5-6-16-26(21,3)25(22)15-17-27(23,24)4/h11,19-20,22-25H,5-10,12-18H2,1-4H3/t19?,20-,22+,23-,24+,25+,26+,27-/m1/s1. The van der Waals surface area contributed by atoms with Crippen molar-refractivity contribution in [3.8, 4) is 0 Å². The van der Waals surface area contributed by atoms with Crippen molar-refractivity contribution in [3.05, 3.63) is 11.6 Å². The molecule has 0 bridgehead atoms. The number of fused-ring (bicyclic) bond motifs is 5. The molecule has 4 aliphatic rings. The molecule has 28 heavy (non-hydrogen) atoms. The lowest BCUT2D eigenvalue weighted by Crippen LogP contribution is -2.50. The summed E-state index contributed by atoms with van der Waals surface area (Å²) in [5.74, 6) is 5.76. The molecule has 4 rings (SSSR count). The average molecular weight is 450 g/mol. The van der Waals surface area contributed by atoms with Gasteiger partial charge in [0.25, 0.3) is 0 Å². The largest absolute Gasteiger partial charge is 0.0925 e. The Balaban J connectivity index is 1.45. The minimum absolute atomic E-state index is 0.567. The van der Waals surface area contributed by atoms with Crippen molar-refractivity contribution in [1.82, 2.24) is 0 Å². The number of hydrogen-bond donors (Lipinski definition) is 0. The first-order valence-corrected chi connectivity index (χ1v) is 13.8. The molecule has 0 nitrogen and oxygen atoms in total. The van der Waals surface area contributed by atoms with Gasteiger partial charge in [0.05, 0.1) is 0 Å². The predicted molar refractivity (Wildman–Crippen MR) is 126 cm³/mol. The van der Waals surface area contributed by atoms with Crippen molar-refractivity contribution in [2.45, 2.75) is 105 Å². The van der Waals surface area contributed by atoms with Gasteiger partial charge in [-0.1, -0.05) is 74.5 Å². The third-order valence-electron chi connectivity index (χ3n) is 10.4. The van der Waals surface area contributed by atoms with Crippen LogP contribution in [0.15, 0.2) is 11.6 Å². The highest BCUT2D eigenvalue weighted by atomic mass is 79.9. The molecule has 0 radical (unpaired) electrons. The molecule has 0 heterocycles.